The summed E-state index contributed by atoms with van der Waals surface area (Å²) in [5.74, 6) is -1.47. The number of imide groups is 1. The molecule has 2 amide bonds. The van der Waals surface area contributed by atoms with Crippen LogP contribution in [0.1, 0.15) is 33.6 Å². The monoisotopic (exact) mass is 307 g/mol. The first kappa shape index (κ1) is 14.6. The van der Waals surface area contributed by atoms with Gasteiger partial charge in [-0.3, -0.25) is 29.9 Å². The molecule has 0 saturated carbocycles. The molecule has 3 rings (SSSR count). The molecule has 9 nitrogen and oxygen atoms in total. The highest BCUT2D eigenvalue weighted by atomic mass is 16.6. The second-order valence-electron chi connectivity index (χ2n) is 5.21. The number of benzene rings is 1. The van der Waals surface area contributed by atoms with Crippen molar-refractivity contribution < 1.29 is 24.7 Å². The van der Waals surface area contributed by atoms with E-state index in [1.165, 1.54) is 12.1 Å². The number of nitrogens with zero attached hydrogens (tertiary/aromatic N) is 2. The molecule has 3 N–H and O–H groups in total. The van der Waals surface area contributed by atoms with Crippen LogP contribution in [0.5, 0.6) is 0 Å². The van der Waals surface area contributed by atoms with Crippen LogP contribution in [0, 0.1) is 10.1 Å². The number of amides is 2. The summed E-state index contributed by atoms with van der Waals surface area (Å²) in [6.07, 6.45) is -1.76. The highest BCUT2D eigenvalue weighted by Crippen LogP contribution is 2.33. The van der Waals surface area contributed by atoms with E-state index in [-0.39, 0.29) is 24.0 Å². The molecule has 0 radical (unpaired) electrons. The zero-order valence-corrected chi connectivity index (χ0v) is 11.3. The van der Waals surface area contributed by atoms with Gasteiger partial charge in [0.1, 0.15) is 18.0 Å². The molecule has 9 heteroatoms. The van der Waals surface area contributed by atoms with Gasteiger partial charge < -0.3 is 10.2 Å². The van der Waals surface area contributed by atoms with E-state index in [0.717, 1.165) is 11.0 Å². The number of carbonyl (C=O) groups excluding carboxylic acids is 2. The molecule has 1 aromatic rings. The first-order chi connectivity index (χ1) is 10.4. The van der Waals surface area contributed by atoms with Gasteiger partial charge in [0.15, 0.2) is 0 Å². The fraction of sp³-hybridized carbons (Fsp3) is 0.385. The number of nitro groups is 1. The molecule has 116 valence electrons. The normalized spacial score (nSPS) is 27.9. The Bertz CT molecular complexity index is 676. The number of fused-ring (bicyclic) bond motifs is 1. The van der Waals surface area contributed by atoms with Crippen LogP contribution in [0.4, 0.5) is 5.69 Å². The summed E-state index contributed by atoms with van der Waals surface area (Å²) in [5, 5.41) is 32.8. The Morgan fingerprint density at radius 1 is 1.23 bits per heavy atom. The fourth-order valence-electron chi connectivity index (χ4n) is 2.89. The van der Waals surface area contributed by atoms with Gasteiger partial charge in [-0.25, -0.2) is 0 Å². The maximum Gasteiger partial charge on any atom is 0.282 e. The quantitative estimate of drug-likeness (QED) is 0.384. The summed E-state index contributed by atoms with van der Waals surface area (Å²) in [6.45, 7) is 0. The van der Waals surface area contributed by atoms with Gasteiger partial charge in [0.05, 0.1) is 16.5 Å². The van der Waals surface area contributed by atoms with E-state index in [1.807, 2.05) is 0 Å². The van der Waals surface area contributed by atoms with E-state index in [2.05, 4.69) is 5.32 Å². The zero-order chi connectivity index (χ0) is 16.0. The van der Waals surface area contributed by atoms with Crippen LogP contribution < -0.4 is 5.32 Å². The van der Waals surface area contributed by atoms with Crippen LogP contribution in [0.15, 0.2) is 18.2 Å². The molecule has 1 aromatic carbocycles. The molecule has 3 atom stereocenters. The van der Waals surface area contributed by atoms with E-state index in [9.17, 15) is 29.9 Å². The summed E-state index contributed by atoms with van der Waals surface area (Å²) >= 11 is 0. The average molecular weight is 307 g/mol. The highest BCUT2D eigenvalue weighted by molar-refractivity contribution is 6.23. The predicted octanol–water partition coefficient (Wildman–Crippen LogP) is -0.420. The van der Waals surface area contributed by atoms with Gasteiger partial charge in [0.25, 0.3) is 17.5 Å². The minimum Gasteiger partial charge on any atom is -0.379 e. The fourth-order valence-corrected chi connectivity index (χ4v) is 2.89. The van der Waals surface area contributed by atoms with Crippen molar-refractivity contribution in [1.29, 1.82) is 0 Å². The van der Waals surface area contributed by atoms with Gasteiger partial charge in [-0.15, -0.1) is 0 Å². The van der Waals surface area contributed by atoms with Gasteiger partial charge in [0, 0.05) is 6.07 Å². The van der Waals surface area contributed by atoms with Crippen LogP contribution in [0.2, 0.25) is 0 Å². The van der Waals surface area contributed by atoms with Crippen molar-refractivity contribution in [1.82, 2.24) is 10.2 Å². The van der Waals surface area contributed by atoms with Gasteiger partial charge in [0.2, 0.25) is 0 Å². The zero-order valence-electron chi connectivity index (χ0n) is 11.3. The van der Waals surface area contributed by atoms with Crippen molar-refractivity contribution in [3.63, 3.8) is 0 Å². The molecule has 0 aromatic heterocycles. The molecular weight excluding hydrogens is 294 g/mol. The molecule has 2 heterocycles. The lowest BCUT2D eigenvalue weighted by Gasteiger charge is -2.36. The highest BCUT2D eigenvalue weighted by Gasteiger charge is 2.47. The summed E-state index contributed by atoms with van der Waals surface area (Å²) in [7, 11) is 0. The predicted molar refractivity (Wildman–Crippen MR) is 71.8 cm³/mol. The second-order valence-corrected chi connectivity index (χ2v) is 5.21. The molecule has 0 aliphatic carbocycles. The van der Waals surface area contributed by atoms with E-state index in [4.69, 9.17) is 0 Å². The Labute approximate surface area is 124 Å². The standard InChI is InChI=1S/C13H13N3O6/c17-9-5-4-8(11(18)14-9)15-12(19)6-2-1-3-7(16(21)22)10(6)13(15)20/h1-3,8-9,11,14,17-18H,4-5H2. The average Bonchev–Trinajstić information content (AvgIpc) is 2.72. The van der Waals surface area contributed by atoms with Gasteiger partial charge in [-0.1, -0.05) is 6.07 Å². The van der Waals surface area contributed by atoms with Crippen molar-refractivity contribution in [2.24, 2.45) is 0 Å². The SMILES string of the molecule is O=C1c2cccc([N+](=O)[O-])c2C(=O)N1C1CCC(O)NC1O. The summed E-state index contributed by atoms with van der Waals surface area (Å²) in [4.78, 5) is 36.0. The van der Waals surface area contributed by atoms with Crippen LogP contribution in [0.25, 0.3) is 0 Å². The van der Waals surface area contributed by atoms with Crippen molar-refractivity contribution in [3.8, 4) is 0 Å². The molecule has 22 heavy (non-hydrogen) atoms. The Balaban J connectivity index is 2.00. The number of piperidine rings is 1. The lowest BCUT2D eigenvalue weighted by Crippen LogP contribution is -2.58. The third-order valence-corrected chi connectivity index (χ3v) is 3.92. The summed E-state index contributed by atoms with van der Waals surface area (Å²) in [6, 6.07) is 2.97. The number of nitrogens with one attached hydrogen (secondary N) is 1. The third-order valence-electron chi connectivity index (χ3n) is 3.92. The Morgan fingerprint density at radius 2 is 1.95 bits per heavy atom. The lowest BCUT2D eigenvalue weighted by atomic mass is 10.0. The third kappa shape index (κ3) is 2.06. The molecule has 3 unspecified atom stereocenters. The van der Waals surface area contributed by atoms with Crippen molar-refractivity contribution in [2.45, 2.75) is 31.3 Å². The van der Waals surface area contributed by atoms with E-state index < -0.39 is 40.9 Å². The van der Waals surface area contributed by atoms with Crippen molar-refractivity contribution in [2.75, 3.05) is 0 Å². The maximum atomic E-state index is 12.5. The van der Waals surface area contributed by atoms with Crippen LogP contribution in [-0.2, 0) is 0 Å². The number of rotatable bonds is 2. The molecule has 2 aliphatic heterocycles. The minimum absolute atomic E-state index is 0.0440. The Kier molecular flexibility index (Phi) is 3.39. The maximum absolute atomic E-state index is 12.5. The molecule has 1 saturated heterocycles. The van der Waals surface area contributed by atoms with E-state index in [0.29, 0.717) is 0 Å². The molecule has 2 aliphatic rings. The Hall–Kier alpha value is -2.36. The van der Waals surface area contributed by atoms with Gasteiger partial charge in [-0.2, -0.15) is 0 Å². The topological polar surface area (TPSA) is 133 Å². The van der Waals surface area contributed by atoms with Gasteiger partial charge >= 0.3 is 0 Å². The minimum atomic E-state index is -1.29. The summed E-state index contributed by atoms with van der Waals surface area (Å²) in [5.41, 5.74) is -0.731. The first-order valence-electron chi connectivity index (χ1n) is 6.69. The molecule has 0 bridgehead atoms. The molecular formula is C13H13N3O6. The Morgan fingerprint density at radius 3 is 2.59 bits per heavy atom. The van der Waals surface area contributed by atoms with E-state index >= 15 is 0 Å². The van der Waals surface area contributed by atoms with Crippen molar-refractivity contribution >= 4 is 17.5 Å². The number of nitro benzene ring substituents is 1. The number of aliphatic hydroxyl groups excluding tert-OH is 2. The first-order valence-corrected chi connectivity index (χ1v) is 6.69. The molecule has 1 fully saturated rings. The largest absolute Gasteiger partial charge is 0.379 e. The van der Waals surface area contributed by atoms with Crippen molar-refractivity contribution in [3.05, 3.63) is 39.4 Å². The summed E-state index contributed by atoms with van der Waals surface area (Å²) < 4.78 is 0. The van der Waals surface area contributed by atoms with Crippen LogP contribution in [-0.4, -0.2) is 50.3 Å². The molecule has 0 spiro atoms. The smallest absolute Gasteiger partial charge is 0.282 e. The van der Waals surface area contributed by atoms with E-state index in [1.54, 1.807) is 0 Å². The second kappa shape index (κ2) is 5.13. The number of hydrogen-bond acceptors (Lipinski definition) is 7. The number of hydrogen-bond donors (Lipinski definition) is 3. The van der Waals surface area contributed by atoms with Crippen LogP contribution in [0.3, 0.4) is 0 Å². The van der Waals surface area contributed by atoms with Gasteiger partial charge in [-0.05, 0) is 18.9 Å². The number of carbonyl (C=O) groups is 2. The van der Waals surface area contributed by atoms with Crippen LogP contribution >= 0.6 is 0 Å². The number of aliphatic hydroxyl groups is 2. The lowest BCUT2D eigenvalue weighted by molar-refractivity contribution is -0.385.